The lowest BCUT2D eigenvalue weighted by Gasteiger charge is -2.08. The van der Waals surface area contributed by atoms with Gasteiger partial charge in [-0.1, -0.05) is 18.2 Å². The Morgan fingerprint density at radius 1 is 1.45 bits per heavy atom. The highest BCUT2D eigenvalue weighted by atomic mass is 32.1. The molecule has 5 heteroatoms. The number of hydrogen-bond acceptors (Lipinski definition) is 5. The number of aryl methyl sites for hydroxylation is 2. The second-order valence-corrected chi connectivity index (χ2v) is 6.04. The van der Waals surface area contributed by atoms with Crippen molar-refractivity contribution in [1.29, 1.82) is 0 Å². The van der Waals surface area contributed by atoms with E-state index in [2.05, 4.69) is 4.98 Å². The van der Waals surface area contributed by atoms with Gasteiger partial charge < -0.3 is 9.47 Å². The van der Waals surface area contributed by atoms with Gasteiger partial charge in [0.15, 0.2) is 0 Å². The van der Waals surface area contributed by atoms with Gasteiger partial charge in [-0.05, 0) is 19.9 Å². The number of nitrogens with zero attached hydrogens (tertiary/aromatic N) is 1. The summed E-state index contributed by atoms with van der Waals surface area (Å²) in [6.45, 7) is 4.53. The number of carbonyl (C=O) groups is 1. The van der Waals surface area contributed by atoms with Crippen molar-refractivity contribution in [3.05, 3.63) is 45.4 Å². The standard InChI is InChI=1S/C15H15NO3S/c1-9-14(20-10(2)16-9)8-19-15(17)12-7-18-13-6-4-3-5-11(12)13/h3-6,12H,7-8H2,1-2H3/t12-/m0/s1. The number of aromatic nitrogens is 1. The zero-order valence-corrected chi connectivity index (χ0v) is 12.2. The molecule has 0 radical (unpaired) electrons. The largest absolute Gasteiger partial charge is 0.492 e. The van der Waals surface area contributed by atoms with E-state index in [1.807, 2.05) is 38.1 Å². The maximum atomic E-state index is 12.2. The number of rotatable bonds is 3. The summed E-state index contributed by atoms with van der Waals surface area (Å²) in [7, 11) is 0. The van der Waals surface area contributed by atoms with E-state index in [9.17, 15) is 4.79 Å². The first-order chi connectivity index (χ1) is 9.65. The van der Waals surface area contributed by atoms with Gasteiger partial charge in [0.2, 0.25) is 0 Å². The highest BCUT2D eigenvalue weighted by Crippen LogP contribution is 2.34. The number of thiazole rings is 1. The lowest BCUT2D eigenvalue weighted by Crippen LogP contribution is -2.17. The number of para-hydroxylation sites is 1. The normalized spacial score (nSPS) is 16.6. The van der Waals surface area contributed by atoms with Crippen LogP contribution in [0.4, 0.5) is 0 Å². The summed E-state index contributed by atoms with van der Waals surface area (Å²) < 4.78 is 10.9. The molecule has 1 atom stereocenters. The van der Waals surface area contributed by atoms with Crippen LogP contribution in [0.15, 0.2) is 24.3 Å². The zero-order chi connectivity index (χ0) is 14.1. The smallest absolute Gasteiger partial charge is 0.317 e. The highest BCUT2D eigenvalue weighted by molar-refractivity contribution is 7.11. The molecule has 104 valence electrons. The first kappa shape index (κ1) is 13.1. The summed E-state index contributed by atoms with van der Waals surface area (Å²) in [6.07, 6.45) is 0. The van der Waals surface area contributed by atoms with E-state index in [1.165, 1.54) is 0 Å². The topological polar surface area (TPSA) is 48.4 Å². The van der Waals surface area contributed by atoms with Gasteiger partial charge in [-0.25, -0.2) is 4.98 Å². The number of hydrogen-bond donors (Lipinski definition) is 0. The van der Waals surface area contributed by atoms with E-state index in [4.69, 9.17) is 9.47 Å². The Labute approximate surface area is 121 Å². The number of ether oxygens (including phenoxy) is 2. The van der Waals surface area contributed by atoms with Gasteiger partial charge in [-0.2, -0.15) is 0 Å². The number of fused-ring (bicyclic) bond motifs is 1. The fourth-order valence-corrected chi connectivity index (χ4v) is 3.15. The van der Waals surface area contributed by atoms with Crippen LogP contribution in [0.2, 0.25) is 0 Å². The summed E-state index contributed by atoms with van der Waals surface area (Å²) in [5.74, 6) is 0.222. The lowest BCUT2D eigenvalue weighted by atomic mass is 10.0. The van der Waals surface area contributed by atoms with Crippen LogP contribution in [0.3, 0.4) is 0 Å². The van der Waals surface area contributed by atoms with Crippen molar-refractivity contribution in [1.82, 2.24) is 4.98 Å². The van der Waals surface area contributed by atoms with Crippen molar-refractivity contribution in [2.45, 2.75) is 26.4 Å². The lowest BCUT2D eigenvalue weighted by molar-refractivity contribution is -0.146. The number of benzene rings is 1. The van der Waals surface area contributed by atoms with Crippen LogP contribution in [-0.4, -0.2) is 17.6 Å². The Kier molecular flexibility index (Phi) is 3.44. The van der Waals surface area contributed by atoms with E-state index in [-0.39, 0.29) is 18.5 Å². The highest BCUT2D eigenvalue weighted by Gasteiger charge is 2.31. The molecule has 0 unspecified atom stereocenters. The molecule has 1 aliphatic heterocycles. The molecule has 20 heavy (non-hydrogen) atoms. The van der Waals surface area contributed by atoms with Gasteiger partial charge in [0.25, 0.3) is 0 Å². The molecule has 0 amide bonds. The first-order valence-corrected chi connectivity index (χ1v) is 7.28. The fourth-order valence-electron chi connectivity index (χ4n) is 2.30. The van der Waals surface area contributed by atoms with Crippen molar-refractivity contribution >= 4 is 17.3 Å². The van der Waals surface area contributed by atoms with Crippen LogP contribution in [0.5, 0.6) is 5.75 Å². The summed E-state index contributed by atoms with van der Waals surface area (Å²) in [5, 5.41) is 0.989. The third kappa shape index (κ3) is 2.41. The molecule has 0 N–H and O–H groups in total. The van der Waals surface area contributed by atoms with Crippen LogP contribution in [-0.2, 0) is 16.1 Å². The van der Waals surface area contributed by atoms with E-state index in [0.717, 1.165) is 26.9 Å². The van der Waals surface area contributed by atoms with Crippen LogP contribution in [0, 0.1) is 13.8 Å². The maximum Gasteiger partial charge on any atom is 0.317 e. The van der Waals surface area contributed by atoms with Crippen LogP contribution in [0.25, 0.3) is 0 Å². The monoisotopic (exact) mass is 289 g/mol. The molecule has 0 spiro atoms. The SMILES string of the molecule is Cc1nc(C)c(COC(=O)[C@H]2COc3ccccc32)s1. The Hall–Kier alpha value is -1.88. The minimum absolute atomic E-state index is 0.236. The summed E-state index contributed by atoms with van der Waals surface area (Å²) >= 11 is 1.56. The second-order valence-electron chi connectivity index (χ2n) is 4.75. The van der Waals surface area contributed by atoms with Crippen molar-refractivity contribution in [3.63, 3.8) is 0 Å². The Morgan fingerprint density at radius 3 is 3.00 bits per heavy atom. The summed E-state index contributed by atoms with van der Waals surface area (Å²) in [4.78, 5) is 17.5. The van der Waals surface area contributed by atoms with Gasteiger partial charge in [0, 0.05) is 5.56 Å². The molecule has 4 nitrogen and oxygen atoms in total. The van der Waals surface area contributed by atoms with Gasteiger partial charge in [0.05, 0.1) is 15.6 Å². The van der Waals surface area contributed by atoms with E-state index in [0.29, 0.717) is 6.61 Å². The summed E-state index contributed by atoms with van der Waals surface area (Å²) in [5.41, 5.74) is 1.85. The molecule has 0 fully saturated rings. The van der Waals surface area contributed by atoms with Crippen LogP contribution >= 0.6 is 11.3 Å². The van der Waals surface area contributed by atoms with Gasteiger partial charge >= 0.3 is 5.97 Å². The molecule has 1 aliphatic rings. The minimum atomic E-state index is -0.319. The Bertz CT molecular complexity index is 650. The molecular weight excluding hydrogens is 274 g/mol. The molecule has 0 saturated heterocycles. The van der Waals surface area contributed by atoms with E-state index in [1.54, 1.807) is 11.3 Å². The molecule has 2 heterocycles. The minimum Gasteiger partial charge on any atom is -0.492 e. The number of carbonyl (C=O) groups excluding carboxylic acids is 1. The predicted molar refractivity (Wildman–Crippen MR) is 76.1 cm³/mol. The average Bonchev–Trinajstić information content (AvgIpc) is 2.99. The molecule has 1 aromatic carbocycles. The average molecular weight is 289 g/mol. The van der Waals surface area contributed by atoms with Crippen LogP contribution in [0.1, 0.15) is 27.1 Å². The van der Waals surface area contributed by atoms with E-state index < -0.39 is 0 Å². The van der Waals surface area contributed by atoms with Crippen molar-refractivity contribution in [2.75, 3.05) is 6.61 Å². The number of esters is 1. The maximum absolute atomic E-state index is 12.2. The first-order valence-electron chi connectivity index (χ1n) is 6.46. The molecular formula is C15H15NO3S. The van der Waals surface area contributed by atoms with Gasteiger partial charge in [-0.15, -0.1) is 11.3 Å². The zero-order valence-electron chi connectivity index (χ0n) is 11.4. The Balaban J connectivity index is 1.68. The third-order valence-corrected chi connectivity index (χ3v) is 4.38. The van der Waals surface area contributed by atoms with Gasteiger partial charge in [-0.3, -0.25) is 4.79 Å². The molecule has 0 aliphatic carbocycles. The molecule has 2 aromatic rings. The summed E-state index contributed by atoms with van der Waals surface area (Å²) in [6, 6.07) is 7.59. The third-order valence-electron chi connectivity index (χ3n) is 3.33. The van der Waals surface area contributed by atoms with Crippen molar-refractivity contribution in [3.8, 4) is 5.75 Å². The Morgan fingerprint density at radius 2 is 2.25 bits per heavy atom. The molecule has 0 saturated carbocycles. The van der Waals surface area contributed by atoms with Crippen LogP contribution < -0.4 is 4.74 Å². The van der Waals surface area contributed by atoms with Gasteiger partial charge in [0.1, 0.15) is 24.9 Å². The molecule has 1 aromatic heterocycles. The van der Waals surface area contributed by atoms with Crippen molar-refractivity contribution in [2.24, 2.45) is 0 Å². The predicted octanol–water partition coefficient (Wildman–Crippen LogP) is 2.98. The quantitative estimate of drug-likeness (QED) is 0.815. The molecule has 3 rings (SSSR count). The van der Waals surface area contributed by atoms with Crippen molar-refractivity contribution < 1.29 is 14.3 Å². The fraction of sp³-hybridized carbons (Fsp3) is 0.333. The van der Waals surface area contributed by atoms with E-state index >= 15 is 0 Å². The molecule has 0 bridgehead atoms. The second kappa shape index (κ2) is 5.25.